The first-order valence-electron chi connectivity index (χ1n) is 5.83. The first-order chi connectivity index (χ1) is 7.61. The van der Waals surface area contributed by atoms with Crippen molar-refractivity contribution < 1.29 is 0 Å². The molecule has 2 nitrogen and oxygen atoms in total. The maximum Gasteiger partial charge on any atom is 0.0511 e. The van der Waals surface area contributed by atoms with Gasteiger partial charge in [-0.3, -0.25) is 4.90 Å². The number of hydrogen-bond donors (Lipinski definition) is 1. The standard InChI is InChI=1S/C13H19ClN2/c1-9(15)13(16(2)10-7-8-10)11-5-3-4-6-12(11)14/h3-6,9-10,13H,7-8,15H2,1-2H3. The summed E-state index contributed by atoms with van der Waals surface area (Å²) in [6, 6.07) is 9.00. The van der Waals surface area contributed by atoms with Gasteiger partial charge in [-0.2, -0.15) is 0 Å². The minimum atomic E-state index is 0.0884. The molecular formula is C13H19ClN2. The number of nitrogens with zero attached hydrogens (tertiary/aromatic N) is 1. The highest BCUT2D eigenvalue weighted by Gasteiger charge is 2.34. The van der Waals surface area contributed by atoms with Crippen molar-refractivity contribution in [2.45, 2.75) is 37.9 Å². The van der Waals surface area contributed by atoms with Crippen molar-refractivity contribution in [3.8, 4) is 0 Å². The normalized spacial score (nSPS) is 19.8. The maximum absolute atomic E-state index is 6.25. The fourth-order valence-corrected chi connectivity index (χ4v) is 2.54. The first-order valence-corrected chi connectivity index (χ1v) is 6.21. The number of nitrogens with two attached hydrogens (primary N) is 1. The summed E-state index contributed by atoms with van der Waals surface area (Å²) in [5.41, 5.74) is 7.25. The van der Waals surface area contributed by atoms with Gasteiger partial charge in [0.2, 0.25) is 0 Å². The Labute approximate surface area is 102 Å². The van der Waals surface area contributed by atoms with Gasteiger partial charge in [-0.25, -0.2) is 0 Å². The molecule has 2 atom stereocenters. The third kappa shape index (κ3) is 2.40. The molecule has 1 saturated carbocycles. The van der Waals surface area contributed by atoms with Crippen LogP contribution in [0.1, 0.15) is 31.4 Å². The molecule has 1 aromatic carbocycles. The van der Waals surface area contributed by atoms with E-state index in [0.29, 0.717) is 6.04 Å². The molecule has 2 N–H and O–H groups in total. The summed E-state index contributed by atoms with van der Waals surface area (Å²) in [6.45, 7) is 2.05. The monoisotopic (exact) mass is 238 g/mol. The molecular weight excluding hydrogens is 220 g/mol. The van der Waals surface area contributed by atoms with Crippen molar-refractivity contribution in [1.82, 2.24) is 4.90 Å². The molecule has 0 bridgehead atoms. The minimum Gasteiger partial charge on any atom is -0.326 e. The summed E-state index contributed by atoms with van der Waals surface area (Å²) >= 11 is 6.25. The Balaban J connectivity index is 2.28. The van der Waals surface area contributed by atoms with Crippen molar-refractivity contribution >= 4 is 11.6 Å². The molecule has 16 heavy (non-hydrogen) atoms. The highest BCUT2D eigenvalue weighted by Crippen LogP contribution is 2.36. The molecule has 0 aliphatic heterocycles. The number of hydrogen-bond acceptors (Lipinski definition) is 2. The lowest BCUT2D eigenvalue weighted by Gasteiger charge is -2.32. The van der Waals surface area contributed by atoms with Gasteiger partial charge >= 0.3 is 0 Å². The Morgan fingerprint density at radius 1 is 1.38 bits per heavy atom. The van der Waals surface area contributed by atoms with Crippen LogP contribution >= 0.6 is 11.6 Å². The van der Waals surface area contributed by atoms with Gasteiger partial charge in [0.1, 0.15) is 0 Å². The second-order valence-corrected chi connectivity index (χ2v) is 5.13. The van der Waals surface area contributed by atoms with Gasteiger partial charge in [0.15, 0.2) is 0 Å². The van der Waals surface area contributed by atoms with Crippen LogP contribution in [0, 0.1) is 0 Å². The predicted octanol–water partition coefficient (Wildman–Crippen LogP) is 2.82. The van der Waals surface area contributed by atoms with Crippen molar-refractivity contribution in [3.05, 3.63) is 34.9 Å². The van der Waals surface area contributed by atoms with E-state index in [1.165, 1.54) is 12.8 Å². The summed E-state index contributed by atoms with van der Waals surface area (Å²) in [5, 5.41) is 0.817. The number of benzene rings is 1. The van der Waals surface area contributed by atoms with Crippen molar-refractivity contribution in [2.24, 2.45) is 5.73 Å². The molecule has 0 heterocycles. The van der Waals surface area contributed by atoms with Crippen LogP contribution < -0.4 is 5.73 Å². The van der Waals surface area contributed by atoms with Crippen LogP contribution in [0.15, 0.2) is 24.3 Å². The Morgan fingerprint density at radius 3 is 2.50 bits per heavy atom. The topological polar surface area (TPSA) is 29.3 Å². The zero-order valence-corrected chi connectivity index (χ0v) is 10.6. The average molecular weight is 239 g/mol. The average Bonchev–Trinajstić information content (AvgIpc) is 3.04. The SMILES string of the molecule is CC(N)C(c1ccccc1Cl)N(C)C1CC1. The quantitative estimate of drug-likeness (QED) is 0.874. The van der Waals surface area contributed by atoms with Crippen LogP contribution in [-0.2, 0) is 0 Å². The number of halogens is 1. The molecule has 2 unspecified atom stereocenters. The van der Waals surface area contributed by atoms with Gasteiger partial charge in [-0.15, -0.1) is 0 Å². The first kappa shape index (κ1) is 11.9. The predicted molar refractivity (Wildman–Crippen MR) is 68.6 cm³/mol. The Hall–Kier alpha value is -0.570. The molecule has 1 aliphatic carbocycles. The third-order valence-corrected chi connectivity index (χ3v) is 3.63. The van der Waals surface area contributed by atoms with Crippen molar-refractivity contribution in [3.63, 3.8) is 0 Å². The van der Waals surface area contributed by atoms with E-state index >= 15 is 0 Å². The second-order valence-electron chi connectivity index (χ2n) is 4.72. The lowest BCUT2D eigenvalue weighted by atomic mass is 9.99. The van der Waals surface area contributed by atoms with Crippen LogP contribution in [0.5, 0.6) is 0 Å². The molecule has 1 aromatic rings. The van der Waals surface area contributed by atoms with Crippen LogP contribution in [0.4, 0.5) is 0 Å². The summed E-state index contributed by atoms with van der Waals surface area (Å²) in [6.07, 6.45) is 2.56. The Kier molecular flexibility index (Phi) is 3.53. The van der Waals surface area contributed by atoms with E-state index in [1.54, 1.807) is 0 Å². The fourth-order valence-electron chi connectivity index (χ4n) is 2.30. The van der Waals surface area contributed by atoms with Gasteiger partial charge in [0, 0.05) is 17.1 Å². The van der Waals surface area contributed by atoms with Gasteiger partial charge in [-0.1, -0.05) is 29.8 Å². The molecule has 1 fully saturated rings. The molecule has 0 saturated heterocycles. The summed E-state index contributed by atoms with van der Waals surface area (Å²) < 4.78 is 0. The lowest BCUT2D eigenvalue weighted by molar-refractivity contribution is 0.209. The van der Waals surface area contributed by atoms with E-state index < -0.39 is 0 Å². The van der Waals surface area contributed by atoms with Crippen molar-refractivity contribution in [1.29, 1.82) is 0 Å². The minimum absolute atomic E-state index is 0.0884. The maximum atomic E-state index is 6.25. The summed E-state index contributed by atoms with van der Waals surface area (Å²) in [7, 11) is 2.15. The number of rotatable bonds is 4. The molecule has 1 aliphatic rings. The van der Waals surface area contributed by atoms with Crippen LogP contribution in [0.3, 0.4) is 0 Å². The van der Waals surface area contributed by atoms with E-state index in [2.05, 4.69) is 18.0 Å². The van der Waals surface area contributed by atoms with E-state index in [1.807, 2.05) is 25.1 Å². The molecule has 0 aromatic heterocycles. The summed E-state index contributed by atoms with van der Waals surface area (Å²) in [5.74, 6) is 0. The largest absolute Gasteiger partial charge is 0.326 e. The van der Waals surface area contributed by atoms with Crippen molar-refractivity contribution in [2.75, 3.05) is 7.05 Å². The van der Waals surface area contributed by atoms with E-state index in [9.17, 15) is 0 Å². The molecule has 88 valence electrons. The second kappa shape index (κ2) is 4.74. The number of likely N-dealkylation sites (N-methyl/N-ethyl adjacent to an activating group) is 1. The zero-order chi connectivity index (χ0) is 11.7. The third-order valence-electron chi connectivity index (χ3n) is 3.28. The molecule has 0 radical (unpaired) electrons. The van der Waals surface area contributed by atoms with E-state index in [0.717, 1.165) is 10.6 Å². The smallest absolute Gasteiger partial charge is 0.0511 e. The van der Waals surface area contributed by atoms with E-state index in [4.69, 9.17) is 17.3 Å². The Morgan fingerprint density at radius 2 is 2.00 bits per heavy atom. The highest BCUT2D eigenvalue weighted by molar-refractivity contribution is 6.31. The highest BCUT2D eigenvalue weighted by atomic mass is 35.5. The Bertz CT molecular complexity index is 361. The summed E-state index contributed by atoms with van der Waals surface area (Å²) in [4.78, 5) is 2.37. The van der Waals surface area contributed by atoms with Gasteiger partial charge in [-0.05, 0) is 38.4 Å². The zero-order valence-electron chi connectivity index (χ0n) is 9.86. The van der Waals surface area contributed by atoms with Gasteiger partial charge in [0.25, 0.3) is 0 Å². The molecule has 0 spiro atoms. The molecule has 0 amide bonds. The van der Waals surface area contributed by atoms with Crippen LogP contribution in [0.25, 0.3) is 0 Å². The molecule has 2 rings (SSSR count). The van der Waals surface area contributed by atoms with Crippen LogP contribution in [-0.4, -0.2) is 24.0 Å². The van der Waals surface area contributed by atoms with Crippen LogP contribution in [0.2, 0.25) is 5.02 Å². The van der Waals surface area contributed by atoms with Gasteiger partial charge in [0.05, 0.1) is 6.04 Å². The molecule has 3 heteroatoms. The lowest BCUT2D eigenvalue weighted by Crippen LogP contribution is -2.38. The van der Waals surface area contributed by atoms with E-state index in [-0.39, 0.29) is 12.1 Å². The fraction of sp³-hybridized carbons (Fsp3) is 0.538. The van der Waals surface area contributed by atoms with Gasteiger partial charge < -0.3 is 5.73 Å².